The topological polar surface area (TPSA) is 63.8 Å². The molecule has 1 aromatic rings. The van der Waals surface area contributed by atoms with Crippen molar-refractivity contribution in [1.29, 1.82) is 0 Å². The number of anilines is 1. The number of hydrogen-bond acceptors (Lipinski definition) is 4. The molecule has 2 rings (SSSR count). The molecule has 15 heavy (non-hydrogen) atoms. The molecule has 0 aliphatic heterocycles. The van der Waals surface area contributed by atoms with Crippen molar-refractivity contribution in [2.24, 2.45) is 11.7 Å². The van der Waals surface area contributed by atoms with Crippen LogP contribution in [0.15, 0.2) is 12.4 Å². The minimum absolute atomic E-state index is 0.269. The second kappa shape index (κ2) is 4.57. The van der Waals surface area contributed by atoms with Crippen molar-refractivity contribution in [3.8, 4) is 0 Å². The molecule has 4 nitrogen and oxygen atoms in total. The molecular weight excluding hydrogens is 188 g/mol. The summed E-state index contributed by atoms with van der Waals surface area (Å²) in [6.45, 7) is 2.90. The van der Waals surface area contributed by atoms with Crippen LogP contribution in [0.1, 0.15) is 25.5 Å². The van der Waals surface area contributed by atoms with Gasteiger partial charge in [0.2, 0.25) is 0 Å². The molecule has 0 radical (unpaired) electrons. The van der Waals surface area contributed by atoms with E-state index in [4.69, 9.17) is 5.73 Å². The van der Waals surface area contributed by atoms with E-state index < -0.39 is 0 Å². The van der Waals surface area contributed by atoms with Crippen molar-refractivity contribution in [2.75, 3.05) is 11.9 Å². The van der Waals surface area contributed by atoms with Crippen LogP contribution in [0.2, 0.25) is 0 Å². The molecule has 0 saturated heterocycles. The predicted molar refractivity (Wildman–Crippen MR) is 60.6 cm³/mol. The number of aryl methyl sites for hydroxylation is 1. The van der Waals surface area contributed by atoms with Crippen LogP contribution in [-0.2, 0) is 6.42 Å². The highest BCUT2D eigenvalue weighted by Gasteiger charge is 2.28. The zero-order valence-corrected chi connectivity index (χ0v) is 9.11. The molecule has 1 unspecified atom stereocenters. The van der Waals surface area contributed by atoms with Crippen LogP contribution in [0.4, 0.5) is 5.82 Å². The van der Waals surface area contributed by atoms with Gasteiger partial charge in [-0.3, -0.25) is 0 Å². The fourth-order valence-corrected chi connectivity index (χ4v) is 1.60. The Labute approximate surface area is 90.3 Å². The molecule has 1 saturated carbocycles. The lowest BCUT2D eigenvalue weighted by molar-refractivity contribution is 0.620. The van der Waals surface area contributed by atoms with Crippen LogP contribution in [0, 0.1) is 5.92 Å². The third-order valence-corrected chi connectivity index (χ3v) is 2.83. The minimum atomic E-state index is 0.269. The molecule has 0 bridgehead atoms. The largest absolute Gasteiger partial charge is 0.368 e. The molecular formula is C11H18N4. The Morgan fingerprint density at radius 3 is 3.00 bits per heavy atom. The van der Waals surface area contributed by atoms with Gasteiger partial charge in [0, 0.05) is 24.3 Å². The highest BCUT2D eigenvalue weighted by molar-refractivity contribution is 5.35. The zero-order chi connectivity index (χ0) is 10.7. The molecule has 0 spiro atoms. The highest BCUT2D eigenvalue weighted by atomic mass is 15.0. The SMILES string of the molecule is CCc1cc(NCC(N)C2CC2)ncn1. The summed E-state index contributed by atoms with van der Waals surface area (Å²) in [5, 5.41) is 3.26. The number of rotatable bonds is 5. The Kier molecular flexibility index (Phi) is 3.16. The maximum absolute atomic E-state index is 5.99. The molecule has 1 atom stereocenters. The molecule has 1 aromatic heterocycles. The standard InChI is InChI=1S/C11H18N4/c1-2-9-5-11(15-7-14-9)13-6-10(12)8-3-4-8/h5,7-8,10H,2-4,6,12H2,1H3,(H,13,14,15). The van der Waals surface area contributed by atoms with Gasteiger partial charge in [-0.1, -0.05) is 6.92 Å². The number of nitrogens with one attached hydrogen (secondary N) is 1. The van der Waals surface area contributed by atoms with Gasteiger partial charge in [0.25, 0.3) is 0 Å². The van der Waals surface area contributed by atoms with Crippen LogP contribution in [0.3, 0.4) is 0 Å². The number of aromatic nitrogens is 2. The van der Waals surface area contributed by atoms with Crippen molar-refractivity contribution in [2.45, 2.75) is 32.2 Å². The fourth-order valence-electron chi connectivity index (χ4n) is 1.60. The van der Waals surface area contributed by atoms with Crippen molar-refractivity contribution in [1.82, 2.24) is 9.97 Å². The van der Waals surface area contributed by atoms with Gasteiger partial charge < -0.3 is 11.1 Å². The summed E-state index contributed by atoms with van der Waals surface area (Å²) < 4.78 is 0. The summed E-state index contributed by atoms with van der Waals surface area (Å²) >= 11 is 0. The highest BCUT2D eigenvalue weighted by Crippen LogP contribution is 2.31. The first kappa shape index (κ1) is 10.4. The third-order valence-electron chi connectivity index (χ3n) is 2.83. The average molecular weight is 206 g/mol. The number of hydrogen-bond donors (Lipinski definition) is 2. The monoisotopic (exact) mass is 206 g/mol. The van der Waals surface area contributed by atoms with Gasteiger partial charge in [-0.05, 0) is 25.2 Å². The summed E-state index contributed by atoms with van der Waals surface area (Å²) in [5.74, 6) is 1.61. The van der Waals surface area contributed by atoms with Crippen LogP contribution in [-0.4, -0.2) is 22.6 Å². The van der Waals surface area contributed by atoms with Gasteiger partial charge >= 0.3 is 0 Å². The van der Waals surface area contributed by atoms with E-state index in [-0.39, 0.29) is 6.04 Å². The van der Waals surface area contributed by atoms with E-state index >= 15 is 0 Å². The maximum atomic E-state index is 5.99. The Morgan fingerprint density at radius 2 is 2.33 bits per heavy atom. The number of nitrogens with zero attached hydrogens (tertiary/aromatic N) is 2. The Hall–Kier alpha value is -1.16. The molecule has 1 aliphatic carbocycles. The lowest BCUT2D eigenvalue weighted by Crippen LogP contribution is -2.31. The first-order valence-electron chi connectivity index (χ1n) is 5.60. The van der Waals surface area contributed by atoms with E-state index in [0.717, 1.165) is 30.4 Å². The normalized spacial score (nSPS) is 17.5. The molecule has 0 amide bonds. The van der Waals surface area contributed by atoms with Crippen molar-refractivity contribution >= 4 is 5.82 Å². The minimum Gasteiger partial charge on any atom is -0.368 e. The quantitative estimate of drug-likeness (QED) is 0.759. The average Bonchev–Trinajstić information content (AvgIpc) is 3.10. The second-order valence-electron chi connectivity index (χ2n) is 4.13. The van der Waals surface area contributed by atoms with Crippen LogP contribution < -0.4 is 11.1 Å². The fraction of sp³-hybridized carbons (Fsp3) is 0.636. The lowest BCUT2D eigenvalue weighted by Gasteiger charge is -2.12. The van der Waals surface area contributed by atoms with Gasteiger partial charge in [-0.2, -0.15) is 0 Å². The predicted octanol–water partition coefficient (Wildman–Crippen LogP) is 1.19. The van der Waals surface area contributed by atoms with E-state index in [2.05, 4.69) is 22.2 Å². The first-order chi connectivity index (χ1) is 7.29. The Balaban J connectivity index is 1.86. The maximum Gasteiger partial charge on any atom is 0.129 e. The van der Waals surface area contributed by atoms with Crippen LogP contribution in [0.25, 0.3) is 0 Å². The molecule has 1 fully saturated rings. The lowest BCUT2D eigenvalue weighted by atomic mass is 10.2. The summed E-state index contributed by atoms with van der Waals surface area (Å²) in [7, 11) is 0. The Bertz CT molecular complexity index is 322. The third kappa shape index (κ3) is 2.89. The van der Waals surface area contributed by atoms with Gasteiger partial charge in [0.1, 0.15) is 12.1 Å². The van der Waals surface area contributed by atoms with Crippen molar-refractivity contribution in [3.05, 3.63) is 18.1 Å². The summed E-state index contributed by atoms with van der Waals surface area (Å²) in [4.78, 5) is 8.31. The molecule has 82 valence electrons. The van der Waals surface area contributed by atoms with Crippen molar-refractivity contribution < 1.29 is 0 Å². The van der Waals surface area contributed by atoms with Gasteiger partial charge in [0.15, 0.2) is 0 Å². The van der Waals surface area contributed by atoms with E-state index in [9.17, 15) is 0 Å². The van der Waals surface area contributed by atoms with Gasteiger partial charge in [-0.25, -0.2) is 9.97 Å². The summed E-state index contributed by atoms with van der Waals surface area (Å²) in [6.07, 6.45) is 5.11. The van der Waals surface area contributed by atoms with Gasteiger partial charge in [0.05, 0.1) is 0 Å². The molecule has 4 heteroatoms. The smallest absolute Gasteiger partial charge is 0.129 e. The molecule has 1 heterocycles. The van der Waals surface area contributed by atoms with Gasteiger partial charge in [-0.15, -0.1) is 0 Å². The first-order valence-corrected chi connectivity index (χ1v) is 5.60. The molecule has 0 aromatic carbocycles. The van der Waals surface area contributed by atoms with Crippen LogP contribution >= 0.6 is 0 Å². The zero-order valence-electron chi connectivity index (χ0n) is 9.11. The summed E-state index contributed by atoms with van der Waals surface area (Å²) in [6, 6.07) is 2.25. The second-order valence-corrected chi connectivity index (χ2v) is 4.13. The molecule has 3 N–H and O–H groups in total. The van der Waals surface area contributed by atoms with E-state index in [1.807, 2.05) is 6.07 Å². The van der Waals surface area contributed by atoms with E-state index in [0.29, 0.717) is 0 Å². The number of nitrogens with two attached hydrogens (primary N) is 1. The van der Waals surface area contributed by atoms with E-state index in [1.165, 1.54) is 12.8 Å². The summed E-state index contributed by atoms with van der Waals surface area (Å²) in [5.41, 5.74) is 7.05. The van der Waals surface area contributed by atoms with Crippen LogP contribution in [0.5, 0.6) is 0 Å². The molecule has 1 aliphatic rings. The Morgan fingerprint density at radius 1 is 1.53 bits per heavy atom. The van der Waals surface area contributed by atoms with Crippen molar-refractivity contribution in [3.63, 3.8) is 0 Å². The van der Waals surface area contributed by atoms with E-state index in [1.54, 1.807) is 6.33 Å².